The number of anilines is 1. The lowest BCUT2D eigenvalue weighted by atomic mass is 10.0. The Morgan fingerprint density at radius 2 is 1.72 bits per heavy atom. The van der Waals surface area contributed by atoms with E-state index >= 15 is 0 Å². The number of carbonyl (C=O) groups excluding carboxylic acids is 2. The Morgan fingerprint density at radius 1 is 0.969 bits per heavy atom. The third kappa shape index (κ3) is 4.10. The average molecular weight is 438 g/mol. The number of nitrogens with zero attached hydrogens (tertiary/aromatic N) is 1. The maximum absolute atomic E-state index is 12.9. The molecule has 1 N–H and O–H groups in total. The molecular formula is C24H26N2O6. The molecule has 0 radical (unpaired) electrons. The van der Waals surface area contributed by atoms with Crippen LogP contribution in [0.4, 0.5) is 5.69 Å². The lowest BCUT2D eigenvalue weighted by Gasteiger charge is -2.25. The number of amides is 1. The molecule has 8 nitrogen and oxygen atoms in total. The molecule has 3 heterocycles. The molecule has 0 bridgehead atoms. The van der Waals surface area contributed by atoms with Crippen molar-refractivity contribution >= 4 is 17.4 Å². The highest BCUT2D eigenvalue weighted by molar-refractivity contribution is 6.05. The number of benzene rings is 2. The number of fused-ring (bicyclic) bond motifs is 2. The first-order valence-corrected chi connectivity index (χ1v) is 11.0. The topological polar surface area (TPSA) is 86.3 Å². The fraction of sp³-hybridized carbons (Fsp3) is 0.417. The van der Waals surface area contributed by atoms with Crippen molar-refractivity contribution in [2.75, 3.05) is 38.4 Å². The molecule has 0 spiro atoms. The van der Waals surface area contributed by atoms with Gasteiger partial charge in [0.2, 0.25) is 12.7 Å². The number of carbonyl (C=O) groups is 2. The lowest BCUT2D eigenvalue weighted by molar-refractivity contribution is -0.117. The van der Waals surface area contributed by atoms with Gasteiger partial charge in [-0.05, 0) is 50.1 Å². The minimum absolute atomic E-state index is 0.106. The van der Waals surface area contributed by atoms with E-state index in [4.69, 9.17) is 18.9 Å². The Hall–Kier alpha value is -3.26. The summed E-state index contributed by atoms with van der Waals surface area (Å²) in [5.74, 6) is 2.26. The van der Waals surface area contributed by atoms with E-state index in [0.29, 0.717) is 36.0 Å². The minimum atomic E-state index is -0.174. The van der Waals surface area contributed by atoms with E-state index in [2.05, 4.69) is 16.3 Å². The van der Waals surface area contributed by atoms with Crippen LogP contribution in [0.5, 0.6) is 23.0 Å². The molecule has 2 aromatic rings. The van der Waals surface area contributed by atoms with Crippen LogP contribution in [0.25, 0.3) is 0 Å². The van der Waals surface area contributed by atoms with Crippen LogP contribution in [0.15, 0.2) is 30.3 Å². The summed E-state index contributed by atoms with van der Waals surface area (Å²) in [6.45, 7) is 3.92. The Morgan fingerprint density at radius 3 is 2.53 bits per heavy atom. The van der Waals surface area contributed by atoms with E-state index in [1.807, 2.05) is 12.1 Å². The fourth-order valence-corrected chi connectivity index (χ4v) is 4.49. The maximum atomic E-state index is 12.9. The molecule has 5 rings (SSSR count). The number of likely N-dealkylation sites (tertiary alicyclic amines) is 1. The van der Waals surface area contributed by atoms with E-state index < -0.39 is 0 Å². The first kappa shape index (κ1) is 20.6. The number of hydrogen-bond donors (Lipinski definition) is 1. The molecule has 1 amide bonds. The first-order chi connectivity index (χ1) is 15.6. The van der Waals surface area contributed by atoms with Gasteiger partial charge >= 0.3 is 0 Å². The normalized spacial score (nSPS) is 19.5. The molecule has 1 saturated heterocycles. The van der Waals surface area contributed by atoms with Crippen LogP contribution in [0, 0.1) is 0 Å². The first-order valence-electron chi connectivity index (χ1n) is 11.0. The molecule has 32 heavy (non-hydrogen) atoms. The van der Waals surface area contributed by atoms with Gasteiger partial charge in [0.25, 0.3) is 0 Å². The van der Waals surface area contributed by atoms with Gasteiger partial charge in [-0.2, -0.15) is 0 Å². The van der Waals surface area contributed by atoms with Gasteiger partial charge in [0.05, 0.1) is 25.4 Å². The summed E-state index contributed by atoms with van der Waals surface area (Å²) in [5, 5.41) is 2.90. The SMILES string of the molecule is CC(=O)c1cc2c(cc1NC(=O)CN1CCCC1c1ccc3c(c1)OCCCO3)OCO2. The second-order valence-corrected chi connectivity index (χ2v) is 8.24. The molecule has 0 saturated carbocycles. The van der Waals surface area contributed by atoms with Crippen molar-refractivity contribution in [3.05, 3.63) is 41.5 Å². The van der Waals surface area contributed by atoms with Crippen LogP contribution in [0.2, 0.25) is 0 Å². The summed E-state index contributed by atoms with van der Waals surface area (Å²) in [6, 6.07) is 9.45. The highest BCUT2D eigenvalue weighted by Gasteiger charge is 2.29. The van der Waals surface area contributed by atoms with Crippen molar-refractivity contribution in [2.24, 2.45) is 0 Å². The largest absolute Gasteiger partial charge is 0.490 e. The average Bonchev–Trinajstić information content (AvgIpc) is 3.36. The van der Waals surface area contributed by atoms with E-state index in [-0.39, 0.29) is 31.1 Å². The maximum Gasteiger partial charge on any atom is 0.238 e. The fourth-order valence-electron chi connectivity index (χ4n) is 4.49. The quantitative estimate of drug-likeness (QED) is 0.715. The molecule has 3 aliphatic heterocycles. The summed E-state index contributed by atoms with van der Waals surface area (Å²) in [4.78, 5) is 27.2. The van der Waals surface area contributed by atoms with Gasteiger partial charge in [-0.1, -0.05) is 6.07 Å². The minimum Gasteiger partial charge on any atom is -0.490 e. The number of nitrogens with one attached hydrogen (secondary N) is 1. The standard InChI is InChI=1S/C24H26N2O6/c1-15(27)17-11-22-23(32-14-31-22)12-18(17)25-24(28)13-26-7-2-4-19(26)16-5-6-20-21(10-16)30-9-3-8-29-20/h5-6,10-12,19H,2-4,7-9,13-14H2,1H3,(H,25,28). The van der Waals surface area contributed by atoms with E-state index in [1.54, 1.807) is 12.1 Å². The van der Waals surface area contributed by atoms with Crippen LogP contribution in [-0.2, 0) is 4.79 Å². The van der Waals surface area contributed by atoms with Crippen LogP contribution >= 0.6 is 0 Å². The van der Waals surface area contributed by atoms with E-state index in [0.717, 1.165) is 42.9 Å². The van der Waals surface area contributed by atoms with Crippen molar-refractivity contribution in [3.63, 3.8) is 0 Å². The van der Waals surface area contributed by atoms with Crippen molar-refractivity contribution in [1.29, 1.82) is 0 Å². The predicted octanol–water partition coefficient (Wildman–Crippen LogP) is 3.55. The number of Topliss-reactive ketones (excluding diaryl/α,β-unsaturated/α-hetero) is 1. The lowest BCUT2D eigenvalue weighted by Crippen LogP contribution is -2.33. The molecular weight excluding hydrogens is 412 g/mol. The van der Waals surface area contributed by atoms with Gasteiger partial charge in [0.15, 0.2) is 28.8 Å². The van der Waals surface area contributed by atoms with Gasteiger partial charge < -0.3 is 24.3 Å². The molecule has 8 heteroatoms. The number of ketones is 1. The molecule has 3 aliphatic rings. The van der Waals surface area contributed by atoms with Gasteiger partial charge in [-0.25, -0.2) is 0 Å². The molecule has 1 unspecified atom stereocenters. The zero-order chi connectivity index (χ0) is 22.1. The van der Waals surface area contributed by atoms with Crippen molar-refractivity contribution in [2.45, 2.75) is 32.2 Å². The summed E-state index contributed by atoms with van der Waals surface area (Å²) in [5.41, 5.74) is 1.97. The van der Waals surface area contributed by atoms with Crippen LogP contribution < -0.4 is 24.3 Å². The molecule has 1 atom stereocenters. The molecule has 0 aliphatic carbocycles. The predicted molar refractivity (Wildman–Crippen MR) is 117 cm³/mol. The third-order valence-electron chi connectivity index (χ3n) is 6.03. The summed E-state index contributed by atoms with van der Waals surface area (Å²) in [7, 11) is 0. The zero-order valence-corrected chi connectivity index (χ0v) is 18.0. The summed E-state index contributed by atoms with van der Waals surface area (Å²) < 4.78 is 22.3. The number of rotatable bonds is 5. The molecule has 168 valence electrons. The Bertz CT molecular complexity index is 1050. The Balaban J connectivity index is 1.31. The van der Waals surface area contributed by atoms with Crippen LogP contribution in [0.3, 0.4) is 0 Å². The zero-order valence-electron chi connectivity index (χ0n) is 18.0. The Kier molecular flexibility index (Phi) is 5.61. The van der Waals surface area contributed by atoms with Crippen molar-refractivity contribution in [1.82, 2.24) is 4.90 Å². The van der Waals surface area contributed by atoms with Crippen molar-refractivity contribution < 1.29 is 28.5 Å². The van der Waals surface area contributed by atoms with Crippen LogP contribution in [0.1, 0.15) is 48.1 Å². The molecule has 0 aromatic heterocycles. The number of ether oxygens (including phenoxy) is 4. The number of hydrogen-bond acceptors (Lipinski definition) is 7. The highest BCUT2D eigenvalue weighted by atomic mass is 16.7. The van der Waals surface area contributed by atoms with Crippen LogP contribution in [-0.4, -0.2) is 49.7 Å². The summed E-state index contributed by atoms with van der Waals surface area (Å²) >= 11 is 0. The third-order valence-corrected chi connectivity index (χ3v) is 6.03. The second kappa shape index (κ2) is 8.70. The smallest absolute Gasteiger partial charge is 0.238 e. The van der Waals surface area contributed by atoms with Gasteiger partial charge in [0, 0.05) is 24.1 Å². The molecule has 2 aromatic carbocycles. The highest BCUT2D eigenvalue weighted by Crippen LogP contribution is 2.39. The Labute approximate surface area is 186 Å². The van der Waals surface area contributed by atoms with Crippen molar-refractivity contribution in [3.8, 4) is 23.0 Å². The van der Waals surface area contributed by atoms with Gasteiger partial charge in [0.1, 0.15) is 0 Å². The molecule has 1 fully saturated rings. The van der Waals surface area contributed by atoms with Gasteiger partial charge in [-0.15, -0.1) is 0 Å². The summed E-state index contributed by atoms with van der Waals surface area (Å²) in [6.07, 6.45) is 2.84. The van der Waals surface area contributed by atoms with E-state index in [9.17, 15) is 9.59 Å². The monoisotopic (exact) mass is 438 g/mol. The van der Waals surface area contributed by atoms with E-state index in [1.165, 1.54) is 6.92 Å². The second-order valence-electron chi connectivity index (χ2n) is 8.24. The van der Waals surface area contributed by atoms with Gasteiger partial charge in [-0.3, -0.25) is 14.5 Å².